The number of nitrogens with zero attached hydrogens (tertiary/aromatic N) is 1. The number of hydrogen-bond acceptors (Lipinski definition) is 4. The molecule has 0 amide bonds. The summed E-state index contributed by atoms with van der Waals surface area (Å²) in [5, 5.41) is 21.0. The smallest absolute Gasteiger partial charge is 0.121 e. The van der Waals surface area contributed by atoms with Gasteiger partial charge in [-0.3, -0.25) is 0 Å². The maximum atomic E-state index is 8.92. The number of anilines is 1. The molecule has 0 aliphatic carbocycles. The van der Waals surface area contributed by atoms with Gasteiger partial charge in [0.1, 0.15) is 11.8 Å². The number of aliphatic hydroxyl groups is 1. The van der Waals surface area contributed by atoms with Gasteiger partial charge in [0.05, 0.1) is 18.4 Å². The van der Waals surface area contributed by atoms with Gasteiger partial charge >= 0.3 is 0 Å². The Balaban J connectivity index is 2.80. The van der Waals surface area contributed by atoms with Crippen molar-refractivity contribution >= 4 is 5.69 Å². The van der Waals surface area contributed by atoms with Gasteiger partial charge in [-0.15, -0.1) is 0 Å². The van der Waals surface area contributed by atoms with Gasteiger partial charge in [0.25, 0.3) is 0 Å². The number of nitrogens with one attached hydrogen (secondary N) is 1. The summed E-state index contributed by atoms with van der Waals surface area (Å²) >= 11 is 0. The molecule has 0 saturated heterocycles. The lowest BCUT2D eigenvalue weighted by Crippen LogP contribution is -2.15. The van der Waals surface area contributed by atoms with Crippen molar-refractivity contribution in [3.8, 4) is 11.8 Å². The van der Waals surface area contributed by atoms with Crippen molar-refractivity contribution in [1.29, 1.82) is 5.26 Å². The minimum atomic E-state index is 0.124. The highest BCUT2D eigenvalue weighted by atomic mass is 16.5. The van der Waals surface area contributed by atoms with E-state index in [9.17, 15) is 0 Å². The third-order valence-electron chi connectivity index (χ3n) is 2.30. The average molecular weight is 220 g/mol. The van der Waals surface area contributed by atoms with Gasteiger partial charge in [0.2, 0.25) is 0 Å². The molecule has 2 N–H and O–H groups in total. The minimum absolute atomic E-state index is 0.124. The van der Waals surface area contributed by atoms with E-state index in [0.717, 1.165) is 5.69 Å². The first kappa shape index (κ1) is 12.3. The van der Waals surface area contributed by atoms with Crippen LogP contribution < -0.4 is 10.1 Å². The molecule has 0 aliphatic rings. The summed E-state index contributed by atoms with van der Waals surface area (Å²) in [4.78, 5) is 0. The van der Waals surface area contributed by atoms with Crippen LogP contribution in [0.2, 0.25) is 0 Å². The first-order valence-electron chi connectivity index (χ1n) is 5.14. The predicted molar refractivity (Wildman–Crippen MR) is 62.4 cm³/mol. The van der Waals surface area contributed by atoms with Gasteiger partial charge in [-0.1, -0.05) is 6.92 Å². The number of ether oxygens (including phenoxy) is 1. The van der Waals surface area contributed by atoms with Gasteiger partial charge in [-0.2, -0.15) is 5.26 Å². The van der Waals surface area contributed by atoms with E-state index < -0.39 is 0 Å². The fourth-order valence-electron chi connectivity index (χ4n) is 1.24. The molecule has 0 fully saturated rings. The van der Waals surface area contributed by atoms with E-state index in [2.05, 4.69) is 11.4 Å². The highest BCUT2D eigenvalue weighted by molar-refractivity contribution is 5.60. The van der Waals surface area contributed by atoms with E-state index in [1.54, 1.807) is 25.3 Å². The van der Waals surface area contributed by atoms with Crippen molar-refractivity contribution in [2.75, 3.05) is 25.6 Å². The summed E-state index contributed by atoms with van der Waals surface area (Å²) < 4.78 is 5.09. The first-order chi connectivity index (χ1) is 7.71. The van der Waals surface area contributed by atoms with Crippen LogP contribution in [-0.4, -0.2) is 25.4 Å². The first-order valence-corrected chi connectivity index (χ1v) is 5.14. The lowest BCUT2D eigenvalue weighted by molar-refractivity contribution is 0.244. The van der Waals surface area contributed by atoms with Crippen molar-refractivity contribution in [3.63, 3.8) is 0 Å². The van der Waals surface area contributed by atoms with Gasteiger partial charge in [-0.05, 0) is 18.1 Å². The number of benzene rings is 1. The van der Waals surface area contributed by atoms with Crippen molar-refractivity contribution in [2.24, 2.45) is 5.92 Å². The zero-order chi connectivity index (χ0) is 12.0. The summed E-state index contributed by atoms with van der Waals surface area (Å²) in [6.07, 6.45) is 0. The molecule has 1 atom stereocenters. The van der Waals surface area contributed by atoms with Crippen LogP contribution in [0.5, 0.6) is 5.75 Å². The van der Waals surface area contributed by atoms with Gasteiger partial charge in [-0.25, -0.2) is 0 Å². The molecule has 0 saturated carbocycles. The van der Waals surface area contributed by atoms with Crippen LogP contribution in [0, 0.1) is 17.2 Å². The Morgan fingerprint density at radius 3 is 2.88 bits per heavy atom. The molecule has 4 nitrogen and oxygen atoms in total. The van der Waals surface area contributed by atoms with Crippen molar-refractivity contribution in [3.05, 3.63) is 23.8 Å². The van der Waals surface area contributed by atoms with E-state index in [1.807, 2.05) is 6.92 Å². The van der Waals surface area contributed by atoms with E-state index >= 15 is 0 Å². The second kappa shape index (κ2) is 5.99. The quantitative estimate of drug-likeness (QED) is 0.791. The van der Waals surface area contributed by atoms with E-state index in [4.69, 9.17) is 15.1 Å². The van der Waals surface area contributed by atoms with Crippen LogP contribution in [0.15, 0.2) is 18.2 Å². The number of methoxy groups -OCH3 is 1. The lowest BCUT2D eigenvalue weighted by atomic mass is 10.1. The zero-order valence-corrected chi connectivity index (χ0v) is 9.53. The minimum Gasteiger partial charge on any atom is -0.497 e. The standard InChI is InChI=1S/C12H16N2O2/c1-9(8-15)7-14-12-5-11(16-2)4-3-10(12)6-13/h3-5,9,14-15H,7-8H2,1-2H3. The van der Waals surface area contributed by atoms with Crippen LogP contribution in [0.3, 0.4) is 0 Å². The Labute approximate surface area is 95.5 Å². The average Bonchev–Trinajstić information content (AvgIpc) is 2.35. The van der Waals surface area contributed by atoms with E-state index in [0.29, 0.717) is 17.9 Å². The molecule has 1 aromatic rings. The van der Waals surface area contributed by atoms with Gasteiger partial charge in [0.15, 0.2) is 0 Å². The Morgan fingerprint density at radius 2 is 2.31 bits per heavy atom. The molecule has 1 aromatic carbocycles. The molecule has 0 heterocycles. The molecule has 86 valence electrons. The summed E-state index contributed by atoms with van der Waals surface area (Å²) in [6, 6.07) is 7.35. The molecule has 4 heteroatoms. The maximum Gasteiger partial charge on any atom is 0.121 e. The Hall–Kier alpha value is -1.73. The number of aliphatic hydroxyl groups excluding tert-OH is 1. The second-order valence-electron chi connectivity index (χ2n) is 3.69. The number of nitriles is 1. The maximum absolute atomic E-state index is 8.92. The molecule has 0 radical (unpaired) electrons. The molecule has 1 rings (SSSR count). The fraction of sp³-hybridized carbons (Fsp3) is 0.417. The van der Waals surface area contributed by atoms with Crippen LogP contribution in [0.4, 0.5) is 5.69 Å². The summed E-state index contributed by atoms with van der Waals surface area (Å²) in [7, 11) is 1.58. The van der Waals surface area contributed by atoms with E-state index in [-0.39, 0.29) is 12.5 Å². The molecule has 0 aromatic heterocycles. The second-order valence-corrected chi connectivity index (χ2v) is 3.69. The molecule has 0 aliphatic heterocycles. The van der Waals surface area contributed by atoms with Gasteiger partial charge < -0.3 is 15.2 Å². The third kappa shape index (κ3) is 3.14. The molecule has 0 spiro atoms. The Morgan fingerprint density at radius 1 is 1.56 bits per heavy atom. The largest absolute Gasteiger partial charge is 0.497 e. The Kier molecular flexibility index (Phi) is 4.62. The van der Waals surface area contributed by atoms with Crippen LogP contribution in [0.1, 0.15) is 12.5 Å². The predicted octanol–water partition coefficient (Wildman–Crippen LogP) is 1.61. The van der Waals surface area contributed by atoms with Crippen molar-refractivity contribution < 1.29 is 9.84 Å². The molecular weight excluding hydrogens is 204 g/mol. The fourth-order valence-corrected chi connectivity index (χ4v) is 1.24. The summed E-state index contributed by atoms with van der Waals surface area (Å²) in [6.45, 7) is 2.68. The highest BCUT2D eigenvalue weighted by Gasteiger charge is 2.05. The zero-order valence-electron chi connectivity index (χ0n) is 9.53. The number of rotatable bonds is 5. The lowest BCUT2D eigenvalue weighted by Gasteiger charge is -2.12. The molecule has 0 bridgehead atoms. The molecular formula is C12H16N2O2. The highest BCUT2D eigenvalue weighted by Crippen LogP contribution is 2.21. The molecule has 1 unspecified atom stereocenters. The van der Waals surface area contributed by atoms with Crippen molar-refractivity contribution in [2.45, 2.75) is 6.92 Å². The molecule has 16 heavy (non-hydrogen) atoms. The van der Waals surface area contributed by atoms with Crippen LogP contribution in [0.25, 0.3) is 0 Å². The summed E-state index contributed by atoms with van der Waals surface area (Å²) in [5.41, 5.74) is 1.31. The number of hydrogen-bond donors (Lipinski definition) is 2. The van der Waals surface area contributed by atoms with E-state index in [1.165, 1.54) is 0 Å². The van der Waals surface area contributed by atoms with Crippen LogP contribution >= 0.6 is 0 Å². The van der Waals surface area contributed by atoms with Crippen LogP contribution in [-0.2, 0) is 0 Å². The normalized spacial score (nSPS) is 11.6. The topological polar surface area (TPSA) is 65.3 Å². The van der Waals surface area contributed by atoms with Crippen molar-refractivity contribution in [1.82, 2.24) is 0 Å². The third-order valence-corrected chi connectivity index (χ3v) is 2.30. The SMILES string of the molecule is COc1ccc(C#N)c(NCC(C)CO)c1. The van der Waals surface area contributed by atoms with Gasteiger partial charge in [0, 0.05) is 19.2 Å². The summed E-state index contributed by atoms with van der Waals surface area (Å²) in [5.74, 6) is 0.857. The Bertz CT molecular complexity index is 385. The monoisotopic (exact) mass is 220 g/mol.